The Morgan fingerprint density at radius 2 is 1.81 bits per heavy atom. The van der Waals surface area contributed by atoms with E-state index in [9.17, 15) is 8.42 Å². The second-order valence-electron chi connectivity index (χ2n) is 6.77. The van der Waals surface area contributed by atoms with Crippen molar-refractivity contribution in [1.29, 1.82) is 0 Å². The number of rotatable bonds is 6. The van der Waals surface area contributed by atoms with Gasteiger partial charge in [0.15, 0.2) is 11.6 Å². The van der Waals surface area contributed by atoms with Crippen LogP contribution in [0.2, 0.25) is 0 Å². The Morgan fingerprint density at radius 1 is 1.11 bits per heavy atom. The van der Waals surface area contributed by atoms with Gasteiger partial charge in [0.05, 0.1) is 6.54 Å². The lowest BCUT2D eigenvalue weighted by molar-refractivity contribution is 0.390. The molecule has 2 aromatic rings. The second kappa shape index (κ2) is 7.77. The summed E-state index contributed by atoms with van der Waals surface area (Å²) < 4.78 is 32.7. The van der Waals surface area contributed by atoms with Crippen molar-refractivity contribution in [1.82, 2.24) is 24.8 Å². The van der Waals surface area contributed by atoms with E-state index in [0.29, 0.717) is 23.4 Å². The summed E-state index contributed by atoms with van der Waals surface area (Å²) >= 11 is 0. The van der Waals surface area contributed by atoms with E-state index in [1.54, 1.807) is 18.7 Å². The summed E-state index contributed by atoms with van der Waals surface area (Å²) in [6, 6.07) is 0. The van der Waals surface area contributed by atoms with Crippen molar-refractivity contribution in [3.8, 4) is 0 Å². The first-order chi connectivity index (χ1) is 12.8. The first kappa shape index (κ1) is 19.5. The molecular weight excluding hydrogens is 370 g/mol. The highest BCUT2D eigenvalue weighted by Gasteiger charge is 2.25. The summed E-state index contributed by atoms with van der Waals surface area (Å²) in [5.74, 6) is 1.69. The normalized spacial score (nSPS) is 15.2. The topological polar surface area (TPSA) is 117 Å². The molecule has 0 aromatic carbocycles. The highest BCUT2D eigenvalue weighted by Crippen LogP contribution is 2.20. The smallest absolute Gasteiger partial charge is 0.246 e. The predicted molar refractivity (Wildman–Crippen MR) is 100 cm³/mol. The molecular formula is C16H25N7O3S. The third-order valence-corrected chi connectivity index (χ3v) is 6.00. The number of piperidine rings is 1. The van der Waals surface area contributed by atoms with E-state index in [1.165, 1.54) is 6.42 Å². The standard InChI is InChI=1S/C16H25N7O3S/c1-11-14(12(2)26-21-11)27(24,25)17-10-13-18-15(22(3)4)20-16(19-13)23-8-6-5-7-9-23/h17H,5-10H2,1-4H3. The number of hydrogen-bond donors (Lipinski definition) is 1. The molecule has 0 spiro atoms. The van der Waals surface area contributed by atoms with Gasteiger partial charge in [-0.05, 0) is 33.1 Å². The lowest BCUT2D eigenvalue weighted by atomic mass is 10.1. The zero-order chi connectivity index (χ0) is 19.6. The van der Waals surface area contributed by atoms with Crippen LogP contribution in [0, 0.1) is 13.8 Å². The van der Waals surface area contributed by atoms with Crippen LogP contribution in [0.5, 0.6) is 0 Å². The van der Waals surface area contributed by atoms with Crippen molar-refractivity contribution in [2.75, 3.05) is 37.0 Å². The highest BCUT2D eigenvalue weighted by molar-refractivity contribution is 7.89. The highest BCUT2D eigenvalue weighted by atomic mass is 32.2. The van der Waals surface area contributed by atoms with Crippen LogP contribution in [-0.2, 0) is 16.6 Å². The van der Waals surface area contributed by atoms with E-state index in [-0.39, 0.29) is 17.2 Å². The van der Waals surface area contributed by atoms with E-state index in [4.69, 9.17) is 4.52 Å². The van der Waals surface area contributed by atoms with Gasteiger partial charge in [-0.15, -0.1) is 0 Å². The van der Waals surface area contributed by atoms with Crippen LogP contribution in [0.3, 0.4) is 0 Å². The molecule has 0 amide bonds. The maximum Gasteiger partial charge on any atom is 0.246 e. The van der Waals surface area contributed by atoms with E-state index < -0.39 is 10.0 Å². The number of nitrogens with one attached hydrogen (secondary N) is 1. The Hall–Kier alpha value is -2.27. The van der Waals surface area contributed by atoms with Gasteiger partial charge in [-0.1, -0.05) is 5.16 Å². The van der Waals surface area contributed by atoms with Crippen molar-refractivity contribution in [2.45, 2.75) is 44.6 Å². The molecule has 27 heavy (non-hydrogen) atoms. The van der Waals surface area contributed by atoms with E-state index in [0.717, 1.165) is 25.9 Å². The summed E-state index contributed by atoms with van der Waals surface area (Å²) in [5, 5.41) is 3.70. The minimum atomic E-state index is -3.78. The van der Waals surface area contributed by atoms with E-state index in [2.05, 4.69) is 29.7 Å². The quantitative estimate of drug-likeness (QED) is 0.764. The van der Waals surface area contributed by atoms with Gasteiger partial charge in [0.25, 0.3) is 0 Å². The average Bonchev–Trinajstić information content (AvgIpc) is 2.99. The first-order valence-corrected chi connectivity index (χ1v) is 10.4. The van der Waals surface area contributed by atoms with Crippen molar-refractivity contribution in [3.05, 3.63) is 17.3 Å². The predicted octanol–water partition coefficient (Wildman–Crippen LogP) is 1.01. The summed E-state index contributed by atoms with van der Waals surface area (Å²) in [7, 11) is -0.100. The third-order valence-electron chi connectivity index (χ3n) is 4.35. The fraction of sp³-hybridized carbons (Fsp3) is 0.625. The Morgan fingerprint density at radius 3 is 2.41 bits per heavy atom. The minimum Gasteiger partial charge on any atom is -0.360 e. The molecule has 0 saturated carbocycles. The minimum absolute atomic E-state index is 0.0450. The summed E-state index contributed by atoms with van der Waals surface area (Å²) in [6.45, 7) is 4.89. The van der Waals surface area contributed by atoms with Crippen molar-refractivity contribution >= 4 is 21.9 Å². The van der Waals surface area contributed by atoms with Crippen molar-refractivity contribution in [2.24, 2.45) is 0 Å². The SMILES string of the molecule is Cc1noc(C)c1S(=O)(=O)NCc1nc(N(C)C)nc(N2CCCCC2)n1. The molecule has 1 aliphatic rings. The van der Waals surface area contributed by atoms with Crippen LogP contribution < -0.4 is 14.5 Å². The number of sulfonamides is 1. The molecule has 1 aliphatic heterocycles. The largest absolute Gasteiger partial charge is 0.360 e. The van der Waals surface area contributed by atoms with Crippen molar-refractivity contribution < 1.29 is 12.9 Å². The lowest BCUT2D eigenvalue weighted by Crippen LogP contribution is -2.33. The zero-order valence-electron chi connectivity index (χ0n) is 16.1. The number of aromatic nitrogens is 4. The van der Waals surface area contributed by atoms with Gasteiger partial charge in [-0.2, -0.15) is 15.0 Å². The fourth-order valence-corrected chi connectivity index (χ4v) is 4.31. The Bertz CT molecular complexity index is 885. The van der Waals surface area contributed by atoms with E-state index >= 15 is 0 Å². The van der Waals surface area contributed by atoms with Gasteiger partial charge >= 0.3 is 0 Å². The Kier molecular flexibility index (Phi) is 5.61. The zero-order valence-corrected chi connectivity index (χ0v) is 16.9. The monoisotopic (exact) mass is 395 g/mol. The number of hydrogen-bond acceptors (Lipinski definition) is 9. The Labute approximate surface area is 159 Å². The Balaban J connectivity index is 1.84. The first-order valence-electron chi connectivity index (χ1n) is 8.87. The van der Waals surface area contributed by atoms with Gasteiger partial charge in [-0.25, -0.2) is 13.1 Å². The average molecular weight is 395 g/mol. The van der Waals surface area contributed by atoms with Crippen LogP contribution in [0.4, 0.5) is 11.9 Å². The molecule has 1 fully saturated rings. The summed E-state index contributed by atoms with van der Waals surface area (Å²) in [5.41, 5.74) is 0.318. The van der Waals surface area contributed by atoms with Crippen LogP contribution in [0.15, 0.2) is 9.42 Å². The molecule has 10 nitrogen and oxygen atoms in total. The van der Waals surface area contributed by atoms with Gasteiger partial charge < -0.3 is 14.3 Å². The molecule has 148 valence electrons. The molecule has 11 heteroatoms. The molecule has 3 heterocycles. The van der Waals surface area contributed by atoms with Crippen LogP contribution in [-0.4, -0.2) is 55.7 Å². The molecule has 0 unspecified atom stereocenters. The molecule has 2 aromatic heterocycles. The van der Waals surface area contributed by atoms with Gasteiger partial charge in [0, 0.05) is 27.2 Å². The molecule has 0 bridgehead atoms. The lowest BCUT2D eigenvalue weighted by Gasteiger charge is -2.27. The van der Waals surface area contributed by atoms with Crippen molar-refractivity contribution in [3.63, 3.8) is 0 Å². The second-order valence-corrected chi connectivity index (χ2v) is 8.48. The summed E-state index contributed by atoms with van der Waals surface area (Å²) in [4.78, 5) is 17.3. The number of anilines is 2. The molecule has 3 rings (SSSR count). The van der Waals surface area contributed by atoms with Gasteiger partial charge in [0.1, 0.15) is 10.6 Å². The van der Waals surface area contributed by atoms with Crippen LogP contribution >= 0.6 is 0 Å². The molecule has 0 aliphatic carbocycles. The summed E-state index contributed by atoms with van der Waals surface area (Å²) in [6.07, 6.45) is 3.39. The van der Waals surface area contributed by atoms with Gasteiger partial charge in [0.2, 0.25) is 21.9 Å². The van der Waals surface area contributed by atoms with E-state index in [1.807, 2.05) is 14.1 Å². The fourth-order valence-electron chi connectivity index (χ4n) is 3.00. The van der Waals surface area contributed by atoms with Crippen LogP contribution in [0.25, 0.3) is 0 Å². The maximum absolute atomic E-state index is 12.6. The molecule has 0 radical (unpaired) electrons. The van der Waals surface area contributed by atoms with Gasteiger partial charge in [-0.3, -0.25) is 0 Å². The molecule has 0 atom stereocenters. The third kappa shape index (κ3) is 4.35. The number of aryl methyl sites for hydroxylation is 2. The van der Waals surface area contributed by atoms with Crippen LogP contribution in [0.1, 0.15) is 36.5 Å². The molecule has 1 saturated heterocycles. The number of nitrogens with zero attached hydrogens (tertiary/aromatic N) is 6. The molecule has 1 N–H and O–H groups in total. The maximum atomic E-state index is 12.6.